The fraction of sp³-hybridized carbons (Fsp3) is 0.478. The molecule has 1 unspecified atom stereocenters. The molecule has 30 heavy (non-hydrogen) atoms. The van der Waals surface area contributed by atoms with Gasteiger partial charge < -0.3 is 4.90 Å². The van der Waals surface area contributed by atoms with E-state index in [9.17, 15) is 9.59 Å². The van der Waals surface area contributed by atoms with Crippen LogP contribution in [0.4, 0.5) is 5.95 Å². The van der Waals surface area contributed by atoms with Gasteiger partial charge in [0.1, 0.15) is 12.1 Å². The topological polar surface area (TPSA) is 72.0 Å². The number of fused-ring (bicyclic) bond motifs is 2. The lowest BCUT2D eigenvalue weighted by atomic mass is 10.0. The van der Waals surface area contributed by atoms with Gasteiger partial charge in [-0.2, -0.15) is 0 Å². The lowest BCUT2D eigenvalue weighted by molar-refractivity contribution is -0.119. The molecule has 0 bridgehead atoms. The number of allylic oxidation sites excluding steroid dienone is 3. The normalized spacial score (nSPS) is 22.5. The van der Waals surface area contributed by atoms with Crippen LogP contribution in [0.3, 0.4) is 0 Å². The SMILES string of the molecule is CC(C)c1cc2c(=O)n(CC(=O)CC/C3=C/C=N\C=C4/CC4C3)nc(N(C)C)n2c1. The lowest BCUT2D eigenvalue weighted by Crippen LogP contribution is -2.31. The van der Waals surface area contributed by atoms with E-state index in [1.54, 1.807) is 0 Å². The van der Waals surface area contributed by atoms with Gasteiger partial charge >= 0.3 is 0 Å². The Balaban J connectivity index is 1.52. The van der Waals surface area contributed by atoms with E-state index in [0.717, 1.165) is 18.4 Å². The maximum atomic E-state index is 13.0. The van der Waals surface area contributed by atoms with Gasteiger partial charge in [-0.3, -0.25) is 19.0 Å². The minimum Gasteiger partial charge on any atom is -0.347 e. The highest BCUT2D eigenvalue weighted by Gasteiger charge is 2.30. The molecule has 0 spiro atoms. The molecular formula is C23H29N5O2. The number of nitrogens with zero attached hydrogens (tertiary/aromatic N) is 5. The van der Waals surface area contributed by atoms with Gasteiger partial charge in [0.25, 0.3) is 5.56 Å². The highest BCUT2D eigenvalue weighted by molar-refractivity contribution is 5.79. The molecule has 2 aliphatic rings. The van der Waals surface area contributed by atoms with Crippen LogP contribution in [0.25, 0.3) is 5.52 Å². The molecular weight excluding hydrogens is 378 g/mol. The van der Waals surface area contributed by atoms with E-state index in [1.807, 2.05) is 54.1 Å². The summed E-state index contributed by atoms with van der Waals surface area (Å²) in [6, 6.07) is 1.90. The van der Waals surface area contributed by atoms with Crippen LogP contribution < -0.4 is 10.5 Å². The number of ketones is 1. The zero-order valence-corrected chi connectivity index (χ0v) is 18.1. The van der Waals surface area contributed by atoms with E-state index >= 15 is 0 Å². The molecule has 1 aliphatic carbocycles. The summed E-state index contributed by atoms with van der Waals surface area (Å²) in [5.74, 6) is 1.55. The zero-order valence-electron chi connectivity index (χ0n) is 18.1. The number of anilines is 1. The molecule has 1 atom stereocenters. The van der Waals surface area contributed by atoms with Crippen molar-refractivity contribution in [3.63, 3.8) is 0 Å². The highest BCUT2D eigenvalue weighted by atomic mass is 16.1. The van der Waals surface area contributed by atoms with Gasteiger partial charge in [0.2, 0.25) is 5.95 Å². The number of Topliss-reactive ketones (excluding diaryl/α,β-unsaturated/α-hetero) is 1. The van der Waals surface area contributed by atoms with Crippen molar-refractivity contribution < 1.29 is 4.79 Å². The van der Waals surface area contributed by atoms with Gasteiger partial charge in [0.15, 0.2) is 5.78 Å². The first kappa shape index (κ1) is 20.3. The Kier molecular flexibility index (Phi) is 5.45. The van der Waals surface area contributed by atoms with Crippen molar-refractivity contribution in [2.45, 2.75) is 52.0 Å². The Morgan fingerprint density at radius 2 is 2.10 bits per heavy atom. The van der Waals surface area contributed by atoms with Gasteiger partial charge in [0.05, 0.1) is 0 Å². The number of aliphatic imine (C=N–C) groups is 1. The van der Waals surface area contributed by atoms with Crippen molar-refractivity contribution in [1.82, 2.24) is 14.2 Å². The number of carbonyl (C=O) groups is 1. The van der Waals surface area contributed by atoms with Crippen molar-refractivity contribution in [3.05, 3.63) is 51.6 Å². The molecule has 7 nitrogen and oxygen atoms in total. The average Bonchev–Trinajstić information content (AvgIpc) is 3.22. The predicted octanol–water partition coefficient (Wildman–Crippen LogP) is 3.34. The molecule has 2 aromatic heterocycles. The summed E-state index contributed by atoms with van der Waals surface area (Å²) in [5, 5.41) is 4.48. The van der Waals surface area contributed by atoms with Gasteiger partial charge in [0, 0.05) is 39.1 Å². The van der Waals surface area contributed by atoms with E-state index in [2.05, 4.69) is 23.9 Å². The number of hydrogen-bond acceptors (Lipinski definition) is 5. The number of carbonyl (C=O) groups excluding carboxylic acids is 1. The summed E-state index contributed by atoms with van der Waals surface area (Å²) < 4.78 is 3.13. The van der Waals surface area contributed by atoms with Gasteiger partial charge in [-0.15, -0.1) is 5.10 Å². The Hall–Kier alpha value is -2.96. The van der Waals surface area contributed by atoms with Crippen LogP contribution in [0.15, 0.2) is 45.5 Å². The fourth-order valence-corrected chi connectivity index (χ4v) is 3.87. The second-order valence-electron chi connectivity index (χ2n) is 8.81. The van der Waals surface area contributed by atoms with Crippen LogP contribution in [0, 0.1) is 5.92 Å². The van der Waals surface area contributed by atoms with Gasteiger partial charge in [-0.1, -0.05) is 19.4 Å². The molecule has 2 aromatic rings. The smallest absolute Gasteiger partial charge is 0.291 e. The third kappa shape index (κ3) is 4.15. The maximum absolute atomic E-state index is 13.0. The van der Waals surface area contributed by atoms with Crippen LogP contribution in [-0.4, -0.2) is 40.3 Å². The predicted molar refractivity (Wildman–Crippen MR) is 119 cm³/mol. The second kappa shape index (κ2) is 8.05. The zero-order chi connectivity index (χ0) is 21.4. The molecule has 1 aliphatic heterocycles. The minimum absolute atomic E-state index is 0.00564. The van der Waals surface area contributed by atoms with Crippen molar-refractivity contribution in [2.24, 2.45) is 10.9 Å². The third-order valence-electron chi connectivity index (χ3n) is 5.83. The summed E-state index contributed by atoms with van der Waals surface area (Å²) in [6.45, 7) is 4.18. The second-order valence-corrected chi connectivity index (χ2v) is 8.81. The van der Waals surface area contributed by atoms with Gasteiger partial charge in [-0.25, -0.2) is 4.68 Å². The van der Waals surface area contributed by atoms with Crippen LogP contribution in [0.5, 0.6) is 0 Å². The third-order valence-corrected chi connectivity index (χ3v) is 5.83. The molecule has 7 heteroatoms. The van der Waals surface area contributed by atoms with E-state index in [0.29, 0.717) is 36.1 Å². The van der Waals surface area contributed by atoms with Crippen molar-refractivity contribution in [3.8, 4) is 0 Å². The molecule has 4 rings (SSSR count). The van der Waals surface area contributed by atoms with Crippen molar-refractivity contribution >= 4 is 23.5 Å². The summed E-state index contributed by atoms with van der Waals surface area (Å²) in [5.41, 5.74) is 4.05. The molecule has 1 fully saturated rings. The highest BCUT2D eigenvalue weighted by Crippen LogP contribution is 2.43. The molecule has 158 valence electrons. The van der Waals surface area contributed by atoms with E-state index in [-0.39, 0.29) is 17.9 Å². The van der Waals surface area contributed by atoms with Crippen molar-refractivity contribution in [2.75, 3.05) is 19.0 Å². The van der Waals surface area contributed by atoms with E-state index < -0.39 is 0 Å². The Bertz CT molecular complexity index is 1130. The average molecular weight is 408 g/mol. The van der Waals surface area contributed by atoms with Crippen LogP contribution in [0.1, 0.15) is 51.0 Å². The number of aromatic nitrogens is 3. The van der Waals surface area contributed by atoms with Crippen LogP contribution >= 0.6 is 0 Å². The summed E-state index contributed by atoms with van der Waals surface area (Å²) in [4.78, 5) is 31.8. The Morgan fingerprint density at radius 1 is 1.30 bits per heavy atom. The minimum atomic E-state index is -0.231. The van der Waals surface area contributed by atoms with E-state index in [4.69, 9.17) is 0 Å². The molecule has 0 amide bonds. The molecule has 0 saturated heterocycles. The van der Waals surface area contributed by atoms with Crippen molar-refractivity contribution in [1.29, 1.82) is 0 Å². The summed E-state index contributed by atoms with van der Waals surface area (Å²) in [7, 11) is 3.77. The fourth-order valence-electron chi connectivity index (χ4n) is 3.87. The lowest BCUT2D eigenvalue weighted by Gasteiger charge is -2.15. The van der Waals surface area contributed by atoms with Gasteiger partial charge in [-0.05, 0) is 54.4 Å². The molecule has 3 heterocycles. The number of hydrogen-bond donors (Lipinski definition) is 0. The molecule has 1 saturated carbocycles. The Labute approximate surface area is 176 Å². The quantitative estimate of drug-likeness (QED) is 0.706. The van der Waals surface area contributed by atoms with E-state index in [1.165, 1.54) is 15.8 Å². The first-order valence-electron chi connectivity index (χ1n) is 10.6. The Morgan fingerprint density at radius 3 is 2.83 bits per heavy atom. The first-order valence-corrected chi connectivity index (χ1v) is 10.6. The summed E-state index contributed by atoms with van der Waals surface area (Å²) in [6.07, 6.45) is 11.0. The van der Waals surface area contributed by atoms with Crippen LogP contribution in [-0.2, 0) is 11.3 Å². The molecule has 0 radical (unpaired) electrons. The van der Waals surface area contributed by atoms with Crippen LogP contribution in [0.2, 0.25) is 0 Å². The summed E-state index contributed by atoms with van der Waals surface area (Å²) >= 11 is 0. The standard InChI is InChI=1S/C23H29N5O2/c1-15(2)19-11-21-22(30)28(25-23(26(3)4)27(21)13-19)14-20(29)6-5-16-7-8-24-12-18-10-17(18)9-16/h7-8,11-13,15,17H,5-6,9-10,14H2,1-4H3/b16-7-,18-12+,24-8-. The molecule has 0 aromatic carbocycles. The monoisotopic (exact) mass is 407 g/mol. The largest absolute Gasteiger partial charge is 0.347 e. The molecule has 0 N–H and O–H groups in total. The first-order chi connectivity index (χ1) is 14.3. The number of rotatable bonds is 7. The maximum Gasteiger partial charge on any atom is 0.291 e.